The van der Waals surface area contributed by atoms with Crippen LogP contribution in [-0.4, -0.2) is 40.6 Å². The van der Waals surface area contributed by atoms with Crippen LogP contribution in [0.3, 0.4) is 0 Å². The van der Waals surface area contributed by atoms with E-state index < -0.39 is 0 Å². The van der Waals surface area contributed by atoms with Gasteiger partial charge >= 0.3 is 0 Å². The smallest absolute Gasteiger partial charge is 0.0597 e. The number of unbranched alkanes of at least 4 members (excludes halogenated alkanes) is 2. The quantitative estimate of drug-likeness (QED) is 0.258. The van der Waals surface area contributed by atoms with E-state index >= 15 is 0 Å². The lowest BCUT2D eigenvalue weighted by Crippen LogP contribution is -2.42. The van der Waals surface area contributed by atoms with Crippen molar-refractivity contribution in [2.45, 2.75) is 108 Å². The van der Waals surface area contributed by atoms with Crippen LogP contribution in [-0.2, 0) is 0 Å². The van der Waals surface area contributed by atoms with E-state index in [9.17, 15) is 5.11 Å². The van der Waals surface area contributed by atoms with Gasteiger partial charge in [0.2, 0.25) is 0 Å². The van der Waals surface area contributed by atoms with Gasteiger partial charge in [0.1, 0.15) is 0 Å². The average molecular weight is 382 g/mol. The maximum absolute atomic E-state index is 10.9. The van der Waals surface area contributed by atoms with E-state index in [0.717, 1.165) is 44.7 Å². The van der Waals surface area contributed by atoms with Gasteiger partial charge in [-0.25, -0.2) is 0 Å². The molecule has 0 bridgehead atoms. The van der Waals surface area contributed by atoms with Gasteiger partial charge in [-0.05, 0) is 75.8 Å². The monoisotopic (exact) mass is 381 g/mol. The highest BCUT2D eigenvalue weighted by molar-refractivity contribution is 6.21. The highest BCUT2D eigenvalue weighted by atomic mass is 35.5. The van der Waals surface area contributed by atoms with Crippen LogP contribution in [0.4, 0.5) is 0 Å². The Hall–Kier alpha value is -0.0500. The molecule has 0 amide bonds. The molecule has 0 radical (unpaired) electrons. The number of halogens is 1. The molecule has 3 atom stereocenters. The molecule has 2 nitrogen and oxygen atoms in total. The molecular weight excluding hydrogens is 342 g/mol. The van der Waals surface area contributed by atoms with Gasteiger partial charge in [0, 0.05) is 6.04 Å². The molecule has 2 saturated carbocycles. The number of alkyl halides is 1. The summed E-state index contributed by atoms with van der Waals surface area (Å²) in [5.41, 5.74) is 0.294. The highest BCUT2D eigenvalue weighted by Crippen LogP contribution is 2.53. The first-order valence-electron chi connectivity index (χ1n) is 11.4. The minimum atomic E-state index is -0.0707. The average Bonchev–Trinajstić information content (AvgIpc) is 3.35. The Kier molecular flexibility index (Phi) is 7.90. The fourth-order valence-electron chi connectivity index (χ4n) is 5.12. The summed E-state index contributed by atoms with van der Waals surface area (Å²) in [5.74, 6) is 0.935. The summed E-state index contributed by atoms with van der Waals surface area (Å²) in [6.07, 6.45) is 20.7. The molecule has 0 aromatic heterocycles. The minimum Gasteiger partial charge on any atom is -0.393 e. The number of likely N-dealkylation sites (tertiary alicyclic amines) is 1. The van der Waals surface area contributed by atoms with Gasteiger partial charge in [0.05, 0.1) is 11.5 Å². The van der Waals surface area contributed by atoms with E-state index in [1.54, 1.807) is 0 Å². The molecule has 26 heavy (non-hydrogen) atoms. The van der Waals surface area contributed by atoms with Crippen LogP contribution in [0.2, 0.25) is 0 Å². The normalized spacial score (nSPS) is 30.0. The minimum absolute atomic E-state index is 0.0707. The van der Waals surface area contributed by atoms with Crippen LogP contribution in [0.1, 0.15) is 90.4 Å². The van der Waals surface area contributed by atoms with Crippen LogP contribution in [0.25, 0.3) is 0 Å². The third-order valence-corrected chi connectivity index (χ3v) is 7.73. The van der Waals surface area contributed by atoms with Crippen molar-refractivity contribution < 1.29 is 5.11 Å². The second kappa shape index (κ2) is 9.94. The largest absolute Gasteiger partial charge is 0.393 e. The van der Waals surface area contributed by atoms with Crippen LogP contribution in [0.5, 0.6) is 0 Å². The fourth-order valence-corrected chi connectivity index (χ4v) is 5.48. The lowest BCUT2D eigenvalue weighted by molar-refractivity contribution is -0.0510. The number of allylic oxidation sites excluding steroid dienone is 1. The molecule has 0 aromatic carbocycles. The summed E-state index contributed by atoms with van der Waals surface area (Å²) in [7, 11) is 0. The Bertz CT molecular complexity index is 443. The Morgan fingerprint density at radius 1 is 1.19 bits per heavy atom. The first-order chi connectivity index (χ1) is 12.6. The van der Waals surface area contributed by atoms with Crippen molar-refractivity contribution in [3.8, 4) is 0 Å². The predicted molar refractivity (Wildman–Crippen MR) is 112 cm³/mol. The second-order valence-electron chi connectivity index (χ2n) is 9.28. The number of aliphatic hydroxyl groups excluding tert-OH is 1. The summed E-state index contributed by atoms with van der Waals surface area (Å²) < 4.78 is 0. The van der Waals surface area contributed by atoms with Gasteiger partial charge in [-0.2, -0.15) is 0 Å². The molecule has 150 valence electrons. The van der Waals surface area contributed by atoms with Gasteiger partial charge in [0.15, 0.2) is 0 Å². The number of aliphatic hydroxyl groups is 1. The zero-order valence-electron chi connectivity index (χ0n) is 16.8. The molecule has 0 spiro atoms. The highest BCUT2D eigenvalue weighted by Gasteiger charge is 2.46. The molecule has 3 heteroatoms. The molecule has 0 aromatic rings. The molecular formula is C23H40ClNO. The fraction of sp³-hybridized carbons (Fsp3) is 0.913. The third kappa shape index (κ3) is 5.49. The maximum Gasteiger partial charge on any atom is 0.0597 e. The van der Waals surface area contributed by atoms with Crippen molar-refractivity contribution in [1.29, 1.82) is 0 Å². The number of rotatable bonds is 12. The van der Waals surface area contributed by atoms with E-state index in [1.807, 2.05) is 0 Å². The first-order valence-corrected chi connectivity index (χ1v) is 11.8. The molecule has 3 rings (SSSR count). The molecule has 1 saturated heterocycles. The van der Waals surface area contributed by atoms with Gasteiger partial charge in [-0.3, -0.25) is 4.90 Å². The third-order valence-electron chi connectivity index (χ3n) is 7.22. The Morgan fingerprint density at radius 3 is 2.65 bits per heavy atom. The van der Waals surface area contributed by atoms with E-state index in [-0.39, 0.29) is 6.10 Å². The summed E-state index contributed by atoms with van der Waals surface area (Å²) >= 11 is 6.60. The Morgan fingerprint density at radius 2 is 2.00 bits per heavy atom. The Labute approximate surface area is 166 Å². The van der Waals surface area contributed by atoms with Crippen molar-refractivity contribution in [1.82, 2.24) is 4.90 Å². The molecule has 1 N–H and O–H groups in total. The van der Waals surface area contributed by atoms with Crippen molar-refractivity contribution in [2.75, 3.05) is 13.1 Å². The SMILES string of the molecule is CCCC/C=C\CC1C(Cl)CCN1CCCC(O)C1(CC2CC2)CCC1. The lowest BCUT2D eigenvalue weighted by atomic mass is 9.61. The molecule has 3 fully saturated rings. The number of hydrogen-bond acceptors (Lipinski definition) is 2. The molecule has 2 aliphatic carbocycles. The standard InChI is InChI=1S/C23H40ClNO/c1-2-3-4-5-6-9-21-20(24)13-17-25(21)16-7-10-22(26)23(14-8-15-23)18-19-11-12-19/h5-6,19-22,26H,2-4,7-18H2,1H3/b6-5-. The van der Waals surface area contributed by atoms with Crippen LogP contribution in [0.15, 0.2) is 12.2 Å². The molecule has 1 aliphatic heterocycles. The Balaban J connectivity index is 1.39. The van der Waals surface area contributed by atoms with Crippen LogP contribution >= 0.6 is 11.6 Å². The molecule has 3 unspecified atom stereocenters. The van der Waals surface area contributed by atoms with Crippen molar-refractivity contribution in [3.63, 3.8) is 0 Å². The van der Waals surface area contributed by atoms with Crippen LogP contribution in [0, 0.1) is 11.3 Å². The summed E-state index contributed by atoms with van der Waals surface area (Å²) in [4.78, 5) is 2.59. The van der Waals surface area contributed by atoms with Gasteiger partial charge in [0.25, 0.3) is 0 Å². The predicted octanol–water partition coefficient (Wildman–Crippen LogP) is 5.92. The topological polar surface area (TPSA) is 23.5 Å². The van der Waals surface area contributed by atoms with E-state index in [1.165, 1.54) is 57.8 Å². The second-order valence-corrected chi connectivity index (χ2v) is 9.84. The zero-order valence-corrected chi connectivity index (χ0v) is 17.6. The van der Waals surface area contributed by atoms with E-state index in [2.05, 4.69) is 24.0 Å². The van der Waals surface area contributed by atoms with E-state index in [0.29, 0.717) is 16.8 Å². The van der Waals surface area contributed by atoms with Crippen molar-refractivity contribution >= 4 is 11.6 Å². The van der Waals surface area contributed by atoms with Crippen molar-refractivity contribution in [3.05, 3.63) is 12.2 Å². The number of nitrogens with zero attached hydrogens (tertiary/aromatic N) is 1. The maximum atomic E-state index is 10.9. The van der Waals surface area contributed by atoms with Gasteiger partial charge in [-0.1, -0.05) is 51.2 Å². The summed E-state index contributed by atoms with van der Waals surface area (Å²) in [5, 5.41) is 11.2. The summed E-state index contributed by atoms with van der Waals surface area (Å²) in [6, 6.07) is 0.496. The zero-order chi connectivity index (χ0) is 18.4. The number of hydrogen-bond donors (Lipinski definition) is 1. The molecule has 1 heterocycles. The molecule has 3 aliphatic rings. The van der Waals surface area contributed by atoms with Gasteiger partial charge < -0.3 is 5.11 Å². The first kappa shape index (κ1) is 20.7. The lowest BCUT2D eigenvalue weighted by Gasteiger charge is -2.46. The van der Waals surface area contributed by atoms with Crippen molar-refractivity contribution in [2.24, 2.45) is 11.3 Å². The van der Waals surface area contributed by atoms with Crippen LogP contribution < -0.4 is 0 Å². The van der Waals surface area contributed by atoms with E-state index in [4.69, 9.17) is 11.6 Å². The van der Waals surface area contributed by atoms with Gasteiger partial charge in [-0.15, -0.1) is 11.6 Å². The summed E-state index contributed by atoms with van der Waals surface area (Å²) in [6.45, 7) is 4.48.